The number of aryl methyl sites for hydroxylation is 1. The van der Waals surface area contributed by atoms with E-state index in [1.165, 1.54) is 11.0 Å². The number of rotatable bonds is 8. The number of sulfonamides is 1. The second-order valence-electron chi connectivity index (χ2n) is 17.7. The van der Waals surface area contributed by atoms with Gasteiger partial charge in [-0.3, -0.25) is 19.1 Å². The molecule has 1 aromatic carbocycles. The van der Waals surface area contributed by atoms with Crippen molar-refractivity contribution in [3.63, 3.8) is 0 Å². The van der Waals surface area contributed by atoms with E-state index in [0.717, 1.165) is 87.2 Å². The molecule has 2 aliphatic heterocycles. The van der Waals surface area contributed by atoms with E-state index in [1.54, 1.807) is 7.11 Å². The summed E-state index contributed by atoms with van der Waals surface area (Å²) < 4.78 is 46.4. The number of carbonyl (C=O) groups excluding carboxylic acids is 4. The third-order valence-corrected chi connectivity index (χ3v) is 15.6. The molecule has 2 aromatic rings. The van der Waals surface area contributed by atoms with Crippen molar-refractivity contribution in [2.75, 3.05) is 13.7 Å². The first kappa shape index (κ1) is 40.4. The van der Waals surface area contributed by atoms with E-state index in [9.17, 15) is 27.6 Å². The SMILES string of the molecule is C=C[C@@H]1C[C@]1(NC(=O)[C@@H]1C[C@@H]2CN1C(=O)C(C1CCCC1)NC(=O)O[C@]1(C)CCC[C@H]1CCCCCc1nc3ccc(OC)cc3cc1O2)C(=O)NS(=O)(=O)C1CC1. The van der Waals surface area contributed by atoms with Crippen LogP contribution in [0.4, 0.5) is 4.79 Å². The zero-order chi connectivity index (χ0) is 40.8. The van der Waals surface area contributed by atoms with Crippen LogP contribution in [-0.2, 0) is 35.6 Å². The van der Waals surface area contributed by atoms with Gasteiger partial charge in [-0.15, -0.1) is 6.58 Å². The summed E-state index contributed by atoms with van der Waals surface area (Å²) in [4.78, 5) is 63.5. The quantitative estimate of drug-likeness (QED) is 0.299. The number of benzene rings is 1. The van der Waals surface area contributed by atoms with Crippen molar-refractivity contribution in [2.24, 2.45) is 17.8 Å². The first-order chi connectivity index (χ1) is 27.8. The van der Waals surface area contributed by atoms with Gasteiger partial charge in [0.25, 0.3) is 5.91 Å². The summed E-state index contributed by atoms with van der Waals surface area (Å²) in [6.07, 6.45) is 11.8. The van der Waals surface area contributed by atoms with Crippen LogP contribution in [0, 0.1) is 17.8 Å². The lowest BCUT2D eigenvalue weighted by molar-refractivity contribution is -0.142. The maximum atomic E-state index is 15.0. The van der Waals surface area contributed by atoms with Crippen LogP contribution in [0.5, 0.6) is 11.5 Å². The number of nitrogens with one attached hydrogen (secondary N) is 3. The van der Waals surface area contributed by atoms with Crippen molar-refractivity contribution in [2.45, 2.75) is 144 Å². The summed E-state index contributed by atoms with van der Waals surface area (Å²) in [6.45, 7) is 5.87. The van der Waals surface area contributed by atoms with Crippen molar-refractivity contribution < 1.29 is 41.8 Å². The minimum atomic E-state index is -3.90. The molecular weight excluding hydrogens is 763 g/mol. The molecule has 58 heavy (non-hydrogen) atoms. The fraction of sp³-hybridized carbons (Fsp3) is 0.651. The van der Waals surface area contributed by atoms with E-state index in [1.807, 2.05) is 31.2 Å². The predicted molar refractivity (Wildman–Crippen MR) is 215 cm³/mol. The molecule has 1 unspecified atom stereocenters. The summed E-state index contributed by atoms with van der Waals surface area (Å²) in [6, 6.07) is 5.60. The van der Waals surface area contributed by atoms with Crippen LogP contribution in [0.3, 0.4) is 0 Å². The molecule has 6 aliphatic rings. The molecule has 4 amide bonds. The van der Waals surface area contributed by atoms with Crippen LogP contribution in [0.15, 0.2) is 36.9 Å². The Bertz CT molecular complexity index is 2070. The summed E-state index contributed by atoms with van der Waals surface area (Å²) in [5, 5.41) is 6.06. The van der Waals surface area contributed by atoms with E-state index in [4.69, 9.17) is 19.2 Å². The van der Waals surface area contributed by atoms with Crippen LogP contribution in [-0.4, -0.2) is 90.3 Å². The lowest BCUT2D eigenvalue weighted by Gasteiger charge is -2.35. The van der Waals surface area contributed by atoms with Crippen molar-refractivity contribution in [1.29, 1.82) is 0 Å². The third kappa shape index (κ3) is 8.11. The highest BCUT2D eigenvalue weighted by atomic mass is 32.2. The van der Waals surface area contributed by atoms with Gasteiger partial charge >= 0.3 is 6.09 Å². The summed E-state index contributed by atoms with van der Waals surface area (Å²) >= 11 is 0. The molecule has 14 nitrogen and oxygen atoms in total. The smallest absolute Gasteiger partial charge is 0.408 e. The molecule has 4 aliphatic carbocycles. The Morgan fingerprint density at radius 1 is 1.03 bits per heavy atom. The monoisotopic (exact) mass is 819 g/mol. The molecule has 3 heterocycles. The number of pyridine rings is 1. The van der Waals surface area contributed by atoms with E-state index >= 15 is 0 Å². The summed E-state index contributed by atoms with van der Waals surface area (Å²) in [5.41, 5.74) is -0.604. The van der Waals surface area contributed by atoms with Crippen LogP contribution < -0.4 is 24.8 Å². The van der Waals surface area contributed by atoms with Crippen molar-refractivity contribution in [3.8, 4) is 11.5 Å². The van der Waals surface area contributed by atoms with Crippen molar-refractivity contribution >= 4 is 44.7 Å². The van der Waals surface area contributed by atoms with E-state index in [-0.39, 0.29) is 31.2 Å². The molecule has 8 rings (SSSR count). The minimum absolute atomic E-state index is 0.0341. The van der Waals surface area contributed by atoms with Gasteiger partial charge in [0.05, 0.1) is 30.1 Å². The molecule has 314 valence electrons. The Hall–Kier alpha value is -4.40. The number of aromatic nitrogens is 1. The summed E-state index contributed by atoms with van der Waals surface area (Å²) in [5.74, 6) is -1.07. The van der Waals surface area contributed by atoms with Gasteiger partial charge in [-0.25, -0.2) is 18.2 Å². The number of carbonyl (C=O) groups is 4. The maximum absolute atomic E-state index is 15.0. The van der Waals surface area contributed by atoms with E-state index in [0.29, 0.717) is 30.8 Å². The second kappa shape index (κ2) is 16.0. The molecule has 0 spiro atoms. The Balaban J connectivity index is 1.14. The van der Waals surface area contributed by atoms with Gasteiger partial charge in [-0.1, -0.05) is 31.8 Å². The van der Waals surface area contributed by atoms with Crippen LogP contribution in [0.2, 0.25) is 0 Å². The van der Waals surface area contributed by atoms with Gasteiger partial charge in [0, 0.05) is 17.7 Å². The van der Waals surface area contributed by atoms with Crippen LogP contribution in [0.1, 0.15) is 109 Å². The van der Waals surface area contributed by atoms with E-state index < -0.39 is 74.3 Å². The van der Waals surface area contributed by atoms with Gasteiger partial charge in [-0.05, 0) is 114 Å². The van der Waals surface area contributed by atoms with Gasteiger partial charge in [0.15, 0.2) is 0 Å². The topological polar surface area (TPSA) is 182 Å². The van der Waals surface area contributed by atoms with Crippen molar-refractivity contribution in [3.05, 3.63) is 42.6 Å². The first-order valence-electron chi connectivity index (χ1n) is 21.3. The highest BCUT2D eigenvalue weighted by molar-refractivity contribution is 7.91. The fourth-order valence-electron chi connectivity index (χ4n) is 10.0. The number of alkyl carbamates (subject to hydrolysis) is 1. The second-order valence-corrected chi connectivity index (χ2v) is 19.7. The van der Waals surface area contributed by atoms with Gasteiger partial charge in [0.2, 0.25) is 21.8 Å². The standard InChI is InChI=1S/C43H57N5O9S/c1-4-28-24-43(28,40(51)47-58(53,54)32-17-18-32)46-38(49)35-23-31-25-48(35)39(50)37(26-11-8-9-12-26)45-41(52)57-42(2)20-10-14-29(42)13-6-5-7-15-34-36(56-31)22-27-21-30(55-3)16-19-33(27)44-34/h4,16,19,21-22,26,28-29,31-32,35,37H,1,5-15,17-18,20,23-25H2,2-3H3,(H,45,52)(H,46,49)(H,47,51)/t28-,29-,31-,35+,37?,42-,43-/m1/s1. The Morgan fingerprint density at radius 2 is 1.79 bits per heavy atom. The Morgan fingerprint density at radius 3 is 2.52 bits per heavy atom. The van der Waals surface area contributed by atoms with Gasteiger partial charge in [0.1, 0.15) is 40.8 Å². The van der Waals surface area contributed by atoms with Gasteiger partial charge in [-0.2, -0.15) is 0 Å². The van der Waals surface area contributed by atoms with Gasteiger partial charge < -0.3 is 29.7 Å². The maximum Gasteiger partial charge on any atom is 0.408 e. The first-order valence-corrected chi connectivity index (χ1v) is 22.8. The Kier molecular flexibility index (Phi) is 11.1. The summed E-state index contributed by atoms with van der Waals surface area (Å²) in [7, 11) is -2.29. The molecule has 15 heteroatoms. The number of ether oxygens (including phenoxy) is 3. The number of hydrogen-bond acceptors (Lipinski definition) is 10. The molecule has 1 aromatic heterocycles. The molecule has 4 saturated carbocycles. The molecule has 2 bridgehead atoms. The molecule has 7 atom stereocenters. The van der Waals surface area contributed by atoms with E-state index in [2.05, 4.69) is 21.9 Å². The number of methoxy groups -OCH3 is 1. The normalized spacial score (nSPS) is 32.1. The number of amides is 4. The number of nitrogens with zero attached hydrogens (tertiary/aromatic N) is 2. The predicted octanol–water partition coefficient (Wildman–Crippen LogP) is 5.22. The van der Waals surface area contributed by atoms with Crippen molar-refractivity contribution in [1.82, 2.24) is 25.2 Å². The highest BCUT2D eigenvalue weighted by Gasteiger charge is 2.62. The average Bonchev–Trinajstić information content (AvgIpc) is 4.01. The average molecular weight is 820 g/mol. The molecular formula is C43H57N5O9S. The minimum Gasteiger partial charge on any atom is -0.497 e. The molecule has 3 N–H and O–H groups in total. The molecule has 0 radical (unpaired) electrons. The zero-order valence-corrected chi connectivity index (χ0v) is 34.4. The number of fused-ring (bicyclic) bond motifs is 5. The highest BCUT2D eigenvalue weighted by Crippen LogP contribution is 2.46. The zero-order valence-electron chi connectivity index (χ0n) is 33.6. The fourth-order valence-corrected chi connectivity index (χ4v) is 11.4. The molecule has 5 fully saturated rings. The van der Waals surface area contributed by atoms with Crippen LogP contribution >= 0.6 is 0 Å². The largest absolute Gasteiger partial charge is 0.497 e. The lowest BCUT2D eigenvalue weighted by Crippen LogP contribution is -2.59. The van der Waals surface area contributed by atoms with Crippen LogP contribution in [0.25, 0.3) is 10.9 Å². The lowest BCUT2D eigenvalue weighted by atomic mass is 9.87. The number of hydrogen-bond donors (Lipinski definition) is 3. The third-order valence-electron chi connectivity index (χ3n) is 13.7. The Labute approximate surface area is 340 Å². The molecule has 1 saturated heterocycles.